The van der Waals surface area contributed by atoms with Crippen molar-refractivity contribution in [3.8, 4) is 22.8 Å². The van der Waals surface area contributed by atoms with Crippen molar-refractivity contribution in [3.05, 3.63) is 160 Å². The molecule has 4 aromatic heterocycles. The van der Waals surface area contributed by atoms with Gasteiger partial charge in [0.1, 0.15) is 13.2 Å². The second-order valence-electron chi connectivity index (χ2n) is 17.4. The Morgan fingerprint density at radius 3 is 1.54 bits per heavy atom. The first-order valence-electron chi connectivity index (χ1n) is 23.8. The number of benzene rings is 3. The van der Waals surface area contributed by atoms with Crippen molar-refractivity contribution >= 4 is 39.7 Å². The van der Waals surface area contributed by atoms with E-state index in [1.54, 1.807) is 35.1 Å². The maximum absolute atomic E-state index is 13.8. The van der Waals surface area contributed by atoms with E-state index in [2.05, 4.69) is 0 Å². The lowest BCUT2D eigenvalue weighted by Crippen LogP contribution is -2.47. The van der Waals surface area contributed by atoms with Gasteiger partial charge in [-0.05, 0) is 112 Å². The van der Waals surface area contributed by atoms with Crippen LogP contribution in [0.4, 0.5) is 0 Å². The van der Waals surface area contributed by atoms with Gasteiger partial charge >= 0.3 is 17.9 Å². The molecule has 0 spiro atoms. The average Bonchev–Trinajstić information content (AvgIpc) is 3.92. The lowest BCUT2D eigenvalue weighted by Gasteiger charge is -2.36. The van der Waals surface area contributed by atoms with Gasteiger partial charge in [0.25, 0.3) is 11.1 Å². The molecule has 0 bridgehead atoms. The Balaban J connectivity index is 0.000000185. The number of esters is 3. The summed E-state index contributed by atoms with van der Waals surface area (Å²) in [7, 11) is 0. The zero-order chi connectivity index (χ0) is 49.9. The fourth-order valence-electron chi connectivity index (χ4n) is 10.0. The summed E-state index contributed by atoms with van der Waals surface area (Å²) in [5, 5.41) is 12.8. The normalized spacial score (nSPS) is 17.7. The highest BCUT2D eigenvalue weighted by Crippen LogP contribution is 2.43. The molecule has 4 aliphatic rings. The quantitative estimate of drug-likeness (QED) is 0.132. The number of hydrogen-bond acceptors (Lipinski definition) is 11. The summed E-state index contributed by atoms with van der Waals surface area (Å²) in [5.41, 5.74) is 8.77. The van der Waals surface area contributed by atoms with E-state index in [4.69, 9.17) is 24.2 Å². The SMILES string of the molecule is CC.CC.CC[C@@]1(O)C(=O)OCc2c1cc1n(c2=O)Cc2cc3ccccc3nc2-1.CC[C@@]1(OC(=O)c2c(C)c(C)c(C)c(C)c2C)C(=O)OCc2c1cc1n(c2=O)Cc2cc3ccccc3nc2-1. The van der Waals surface area contributed by atoms with Crippen LogP contribution >= 0.6 is 0 Å². The molecular weight excluding hydrogens is 873 g/mol. The van der Waals surface area contributed by atoms with Crippen LogP contribution in [0.3, 0.4) is 0 Å². The van der Waals surface area contributed by atoms with Crippen molar-refractivity contribution in [1.29, 1.82) is 0 Å². The van der Waals surface area contributed by atoms with E-state index >= 15 is 0 Å². The number of pyridine rings is 4. The van der Waals surface area contributed by atoms with Gasteiger partial charge in [-0.15, -0.1) is 0 Å². The van der Waals surface area contributed by atoms with Crippen LogP contribution in [0.5, 0.6) is 0 Å². The fourth-order valence-corrected chi connectivity index (χ4v) is 10.0. The van der Waals surface area contributed by atoms with Crippen molar-refractivity contribution in [3.63, 3.8) is 0 Å². The van der Waals surface area contributed by atoms with Crippen LogP contribution in [0, 0.1) is 34.6 Å². The summed E-state index contributed by atoms with van der Waals surface area (Å²) in [5.74, 6) is -1.98. The summed E-state index contributed by atoms with van der Waals surface area (Å²) >= 11 is 0. The number of cyclic esters (lactones) is 2. The molecule has 356 valence electrons. The second kappa shape index (κ2) is 18.3. The zero-order valence-corrected chi connectivity index (χ0v) is 41.2. The molecule has 0 fully saturated rings. The number of aliphatic hydroxyl groups is 1. The molecule has 8 heterocycles. The smallest absolute Gasteiger partial charge is 0.355 e. The maximum atomic E-state index is 13.8. The summed E-state index contributed by atoms with van der Waals surface area (Å²) < 4.78 is 20.0. The van der Waals surface area contributed by atoms with Crippen LogP contribution in [0.15, 0.2) is 82.4 Å². The first-order chi connectivity index (χ1) is 33.1. The largest absolute Gasteiger partial charge is 0.458 e. The number of rotatable bonds is 4. The van der Waals surface area contributed by atoms with Gasteiger partial charge in [-0.2, -0.15) is 0 Å². The van der Waals surface area contributed by atoms with E-state index in [1.165, 1.54) is 0 Å². The predicted molar refractivity (Wildman–Crippen MR) is 265 cm³/mol. The van der Waals surface area contributed by atoms with Crippen molar-refractivity contribution in [2.75, 3.05) is 0 Å². The van der Waals surface area contributed by atoms with E-state index in [0.717, 1.165) is 66.4 Å². The molecule has 7 aromatic rings. The van der Waals surface area contributed by atoms with Crippen molar-refractivity contribution in [1.82, 2.24) is 19.1 Å². The Hall–Kier alpha value is -7.25. The van der Waals surface area contributed by atoms with Gasteiger partial charge in [0, 0.05) is 33.0 Å². The van der Waals surface area contributed by atoms with E-state index in [-0.39, 0.29) is 37.2 Å². The molecule has 0 unspecified atom stereocenters. The Bertz CT molecular complexity index is 3390. The van der Waals surface area contributed by atoms with Crippen LogP contribution in [0.1, 0.15) is 126 Å². The Morgan fingerprint density at radius 2 is 1.06 bits per heavy atom. The maximum Gasteiger partial charge on any atom is 0.355 e. The molecule has 0 saturated heterocycles. The van der Waals surface area contributed by atoms with Gasteiger partial charge in [-0.1, -0.05) is 77.9 Å². The van der Waals surface area contributed by atoms with Crippen LogP contribution in [0.2, 0.25) is 0 Å². The van der Waals surface area contributed by atoms with Gasteiger partial charge in [0.05, 0.1) is 63.6 Å². The minimum atomic E-state index is -1.79. The number of aromatic nitrogens is 4. The van der Waals surface area contributed by atoms with Crippen LogP contribution < -0.4 is 11.1 Å². The van der Waals surface area contributed by atoms with E-state index < -0.39 is 29.1 Å². The van der Waals surface area contributed by atoms with Crippen LogP contribution in [0.25, 0.3) is 44.6 Å². The minimum Gasteiger partial charge on any atom is -0.458 e. The van der Waals surface area contributed by atoms with Gasteiger partial charge < -0.3 is 28.5 Å². The molecule has 13 nitrogen and oxygen atoms in total. The molecule has 0 amide bonds. The zero-order valence-electron chi connectivity index (χ0n) is 41.2. The molecule has 11 rings (SSSR count). The highest BCUT2D eigenvalue weighted by molar-refractivity contribution is 5.97. The minimum absolute atomic E-state index is 0.110. The molecular formula is C56H58N4O9. The average molecular weight is 931 g/mol. The number of hydrogen-bond donors (Lipinski definition) is 1. The second-order valence-corrected chi connectivity index (χ2v) is 17.4. The number of carbonyl (C=O) groups excluding carboxylic acids is 3. The number of carbonyl (C=O) groups is 3. The van der Waals surface area contributed by atoms with Gasteiger partial charge in [0.2, 0.25) is 5.60 Å². The molecule has 0 saturated carbocycles. The first-order valence-corrected chi connectivity index (χ1v) is 23.8. The Kier molecular flexibility index (Phi) is 12.8. The highest BCUT2D eigenvalue weighted by Gasteiger charge is 2.51. The van der Waals surface area contributed by atoms with Crippen molar-refractivity contribution in [2.24, 2.45) is 0 Å². The van der Waals surface area contributed by atoms with Gasteiger partial charge in [-0.25, -0.2) is 24.4 Å². The molecule has 3 aromatic carbocycles. The molecule has 0 radical (unpaired) electrons. The van der Waals surface area contributed by atoms with Gasteiger partial charge in [-0.3, -0.25) is 9.59 Å². The third-order valence-electron chi connectivity index (χ3n) is 14.3. The van der Waals surface area contributed by atoms with Crippen LogP contribution in [-0.4, -0.2) is 42.1 Å². The number of fused-ring (bicyclic) bond motifs is 10. The monoisotopic (exact) mass is 930 g/mol. The number of nitrogens with zero attached hydrogens (tertiary/aromatic N) is 4. The van der Waals surface area contributed by atoms with Gasteiger partial charge in [0.15, 0.2) is 5.60 Å². The predicted octanol–water partition coefficient (Wildman–Crippen LogP) is 9.62. The first kappa shape index (κ1) is 48.2. The molecule has 2 atom stereocenters. The fraction of sp³-hybridized carbons (Fsp3) is 0.339. The summed E-state index contributed by atoms with van der Waals surface area (Å²) in [6.45, 7) is 21.8. The third kappa shape index (κ3) is 7.45. The lowest BCUT2D eigenvalue weighted by atomic mass is 9.85. The summed E-state index contributed by atoms with van der Waals surface area (Å²) in [4.78, 5) is 75.8. The van der Waals surface area contributed by atoms with E-state index in [1.807, 2.05) is 123 Å². The third-order valence-corrected chi connectivity index (χ3v) is 14.3. The Labute approximate surface area is 400 Å². The molecule has 13 heteroatoms. The van der Waals surface area contributed by atoms with E-state index in [0.29, 0.717) is 58.0 Å². The van der Waals surface area contributed by atoms with E-state index in [9.17, 15) is 29.1 Å². The molecule has 4 aliphatic heterocycles. The molecule has 1 N–H and O–H groups in total. The molecule has 69 heavy (non-hydrogen) atoms. The lowest BCUT2D eigenvalue weighted by molar-refractivity contribution is -0.173. The summed E-state index contributed by atoms with van der Waals surface area (Å²) in [6.07, 6.45) is 0.257. The van der Waals surface area contributed by atoms with Crippen LogP contribution in [-0.2, 0) is 61.3 Å². The molecule has 0 aliphatic carbocycles. The number of ether oxygens (including phenoxy) is 3. The summed E-state index contributed by atoms with van der Waals surface area (Å²) in [6, 6.07) is 23.2. The topological polar surface area (TPSA) is 169 Å². The van der Waals surface area contributed by atoms with Crippen molar-refractivity contribution < 1.29 is 33.7 Å². The Morgan fingerprint density at radius 1 is 0.623 bits per heavy atom. The standard InChI is InChI=1S/C32H30N2O5.C20H16N2O4.2C2H6/c1-7-32(39-30(36)27-19(5)17(3)16(2)18(4)20(27)6)24-13-26-28-22(12-21-10-8-9-11-25(21)33-28)14-34(26)29(35)23(24)15-38-31(32)37;1-2-20(25)14-8-16-17-12(7-11-5-3-4-6-15(11)21-17)9-22(16)18(23)13(14)10-26-19(20)24;2*1-2/h8-13H,7,14-15H2,1-6H3;3-8,25H,2,9-10H2,1H3;2*1-2H3/t32-;20-;;/m00../s1. The highest BCUT2D eigenvalue weighted by atomic mass is 16.6. The van der Waals surface area contributed by atoms with Crippen molar-refractivity contribution in [2.45, 2.75) is 127 Å². The number of para-hydroxylation sites is 2.